The summed E-state index contributed by atoms with van der Waals surface area (Å²) in [6, 6.07) is -1.71. The Balaban J connectivity index is 3.73. The number of terminal acetylenes is 1. The minimum absolute atomic E-state index is 0.110. The number of carbonyl (C=O) groups is 2. The van der Waals surface area contributed by atoms with Crippen molar-refractivity contribution in [2.75, 3.05) is 6.61 Å². The molecule has 6 heteroatoms. The molecule has 0 spiro atoms. The molecule has 0 aromatic heterocycles. The Kier molecular flexibility index (Phi) is 6.92. The lowest BCUT2D eigenvalue weighted by atomic mass is 10.1. The summed E-state index contributed by atoms with van der Waals surface area (Å²) in [5.41, 5.74) is 10.8. The summed E-state index contributed by atoms with van der Waals surface area (Å²) in [5.74, 6) is 0.499. The maximum absolute atomic E-state index is 11.1. The molecular weight excluding hydrogens is 212 g/mol. The van der Waals surface area contributed by atoms with Crippen molar-refractivity contribution >= 4 is 11.9 Å². The molecule has 6 nitrogen and oxygen atoms in total. The number of hydrogen-bond acceptors (Lipinski definition) is 5. The largest absolute Gasteiger partial charge is 0.480 e. The maximum Gasteiger partial charge on any atom is 0.323 e. The molecule has 0 heterocycles. The molecule has 0 aromatic carbocycles. The molecule has 0 aliphatic heterocycles. The lowest BCUT2D eigenvalue weighted by molar-refractivity contribution is -0.143. The highest BCUT2D eigenvalue weighted by Gasteiger charge is 2.16. The zero-order valence-corrected chi connectivity index (χ0v) is 8.89. The van der Waals surface area contributed by atoms with E-state index in [1.807, 2.05) is 0 Å². The number of aliphatic carboxylic acids is 1. The first kappa shape index (κ1) is 14.4. The number of hydrogen-bond donors (Lipinski definition) is 3. The summed E-state index contributed by atoms with van der Waals surface area (Å²) < 4.78 is 4.61. The van der Waals surface area contributed by atoms with E-state index >= 15 is 0 Å². The molecule has 90 valence electrons. The molecule has 0 saturated heterocycles. The molecular formula is C10H16N2O4. The van der Waals surface area contributed by atoms with E-state index < -0.39 is 24.0 Å². The van der Waals surface area contributed by atoms with Gasteiger partial charge in [-0.25, -0.2) is 0 Å². The van der Waals surface area contributed by atoms with Crippen molar-refractivity contribution in [3.63, 3.8) is 0 Å². The minimum atomic E-state index is -1.07. The lowest BCUT2D eigenvalue weighted by Gasteiger charge is -2.11. The van der Waals surface area contributed by atoms with Gasteiger partial charge in [0.1, 0.15) is 12.1 Å². The van der Waals surface area contributed by atoms with Gasteiger partial charge in [-0.15, -0.1) is 6.42 Å². The van der Waals surface area contributed by atoms with E-state index in [9.17, 15) is 9.59 Å². The number of ether oxygens (including phenoxy) is 1. The minimum Gasteiger partial charge on any atom is -0.480 e. The third-order valence-electron chi connectivity index (χ3n) is 1.95. The summed E-state index contributed by atoms with van der Waals surface area (Å²) in [6.45, 7) is -0.110. The smallest absolute Gasteiger partial charge is 0.323 e. The molecule has 0 aliphatic rings. The zero-order chi connectivity index (χ0) is 12.6. The molecule has 2 unspecified atom stereocenters. The SMILES string of the molecule is C#CCOC(=O)C(N)CCCC(N)C(=O)O. The molecule has 0 radical (unpaired) electrons. The summed E-state index contributed by atoms with van der Waals surface area (Å²) in [5, 5.41) is 8.50. The molecule has 0 amide bonds. The monoisotopic (exact) mass is 228 g/mol. The average molecular weight is 228 g/mol. The van der Waals surface area contributed by atoms with Crippen LogP contribution < -0.4 is 11.5 Å². The summed E-state index contributed by atoms with van der Waals surface area (Å²) in [4.78, 5) is 21.5. The second-order valence-corrected chi connectivity index (χ2v) is 3.29. The topological polar surface area (TPSA) is 116 Å². The highest BCUT2D eigenvalue weighted by molar-refractivity contribution is 5.75. The normalized spacial score (nSPS) is 13.6. The Labute approximate surface area is 93.9 Å². The van der Waals surface area contributed by atoms with Crippen molar-refractivity contribution in [1.82, 2.24) is 0 Å². The van der Waals surface area contributed by atoms with Gasteiger partial charge in [0.2, 0.25) is 0 Å². The van der Waals surface area contributed by atoms with Crippen molar-refractivity contribution in [3.8, 4) is 12.3 Å². The third kappa shape index (κ3) is 6.01. The van der Waals surface area contributed by atoms with Crippen LogP contribution >= 0.6 is 0 Å². The molecule has 0 saturated carbocycles. The van der Waals surface area contributed by atoms with Crippen molar-refractivity contribution in [1.29, 1.82) is 0 Å². The Morgan fingerprint density at radius 1 is 1.31 bits per heavy atom. The van der Waals surface area contributed by atoms with Gasteiger partial charge in [-0.3, -0.25) is 9.59 Å². The zero-order valence-electron chi connectivity index (χ0n) is 8.89. The molecule has 2 atom stereocenters. The Morgan fingerprint density at radius 2 is 1.88 bits per heavy atom. The van der Waals surface area contributed by atoms with Gasteiger partial charge in [0, 0.05) is 0 Å². The van der Waals surface area contributed by atoms with Gasteiger partial charge in [0.05, 0.1) is 0 Å². The van der Waals surface area contributed by atoms with Gasteiger partial charge in [-0.05, 0) is 19.3 Å². The van der Waals surface area contributed by atoms with Crippen LogP contribution in [-0.2, 0) is 14.3 Å². The van der Waals surface area contributed by atoms with Crippen molar-refractivity contribution in [2.24, 2.45) is 11.5 Å². The van der Waals surface area contributed by atoms with Gasteiger partial charge in [-0.1, -0.05) is 5.92 Å². The second-order valence-electron chi connectivity index (χ2n) is 3.29. The van der Waals surface area contributed by atoms with E-state index in [0.717, 1.165) is 0 Å². The quantitative estimate of drug-likeness (QED) is 0.383. The Morgan fingerprint density at radius 3 is 2.38 bits per heavy atom. The standard InChI is InChI=1S/C10H16N2O4/c1-2-6-16-10(15)8(12)5-3-4-7(11)9(13)14/h1,7-8H,3-6,11-12H2,(H,13,14). The summed E-state index contributed by atoms with van der Waals surface area (Å²) >= 11 is 0. The lowest BCUT2D eigenvalue weighted by Crippen LogP contribution is -2.34. The third-order valence-corrected chi connectivity index (χ3v) is 1.95. The van der Waals surface area contributed by atoms with E-state index in [2.05, 4.69) is 10.7 Å². The van der Waals surface area contributed by atoms with Crippen LogP contribution in [0.4, 0.5) is 0 Å². The number of carboxylic acids is 1. The van der Waals surface area contributed by atoms with Gasteiger partial charge >= 0.3 is 11.9 Å². The Bertz CT molecular complexity index is 285. The van der Waals surface area contributed by atoms with Crippen molar-refractivity contribution in [2.45, 2.75) is 31.3 Å². The van der Waals surface area contributed by atoms with E-state index in [0.29, 0.717) is 12.8 Å². The van der Waals surface area contributed by atoms with Gasteiger partial charge < -0.3 is 21.3 Å². The van der Waals surface area contributed by atoms with Crippen LogP contribution in [0.2, 0.25) is 0 Å². The fourth-order valence-corrected chi connectivity index (χ4v) is 1.02. The fourth-order valence-electron chi connectivity index (χ4n) is 1.02. The Hall–Kier alpha value is -1.58. The molecule has 0 aromatic rings. The molecule has 5 N–H and O–H groups in total. The van der Waals surface area contributed by atoms with Gasteiger partial charge in [0.15, 0.2) is 6.61 Å². The number of esters is 1. The number of rotatable bonds is 7. The fraction of sp³-hybridized carbons (Fsp3) is 0.600. The molecule has 0 fully saturated rings. The van der Waals surface area contributed by atoms with Crippen molar-refractivity contribution in [3.05, 3.63) is 0 Å². The van der Waals surface area contributed by atoms with E-state index in [4.69, 9.17) is 23.0 Å². The van der Waals surface area contributed by atoms with Crippen LogP contribution in [-0.4, -0.2) is 35.7 Å². The summed E-state index contributed by atoms with van der Waals surface area (Å²) in [6.07, 6.45) is 5.94. The van der Waals surface area contributed by atoms with Gasteiger partial charge in [-0.2, -0.15) is 0 Å². The number of nitrogens with two attached hydrogens (primary N) is 2. The first-order valence-corrected chi connectivity index (χ1v) is 4.83. The van der Waals surface area contributed by atoms with Crippen LogP contribution in [0.5, 0.6) is 0 Å². The van der Waals surface area contributed by atoms with Crippen LogP contribution in [0.1, 0.15) is 19.3 Å². The first-order chi connectivity index (χ1) is 7.49. The predicted octanol–water partition coefficient (Wildman–Crippen LogP) is -0.928. The molecule has 0 aliphatic carbocycles. The van der Waals surface area contributed by atoms with E-state index in [1.54, 1.807) is 0 Å². The average Bonchev–Trinajstić information content (AvgIpc) is 2.25. The van der Waals surface area contributed by atoms with E-state index in [1.165, 1.54) is 0 Å². The van der Waals surface area contributed by atoms with Crippen molar-refractivity contribution < 1.29 is 19.4 Å². The van der Waals surface area contributed by atoms with Crippen LogP contribution in [0.15, 0.2) is 0 Å². The van der Waals surface area contributed by atoms with E-state index in [-0.39, 0.29) is 13.0 Å². The van der Waals surface area contributed by atoms with Crippen LogP contribution in [0, 0.1) is 12.3 Å². The molecule has 16 heavy (non-hydrogen) atoms. The van der Waals surface area contributed by atoms with Crippen LogP contribution in [0.25, 0.3) is 0 Å². The second kappa shape index (κ2) is 7.68. The molecule has 0 rings (SSSR count). The van der Waals surface area contributed by atoms with Crippen LogP contribution in [0.3, 0.4) is 0 Å². The number of carboxylic acid groups (broad SMARTS) is 1. The van der Waals surface area contributed by atoms with Gasteiger partial charge in [0.25, 0.3) is 0 Å². The predicted molar refractivity (Wildman–Crippen MR) is 57.2 cm³/mol. The number of carbonyl (C=O) groups excluding carboxylic acids is 1. The summed E-state index contributed by atoms with van der Waals surface area (Å²) in [7, 11) is 0. The molecule has 0 bridgehead atoms. The maximum atomic E-state index is 11.1. The first-order valence-electron chi connectivity index (χ1n) is 4.83. The highest BCUT2D eigenvalue weighted by atomic mass is 16.5. The highest BCUT2D eigenvalue weighted by Crippen LogP contribution is 2.03.